The molecule has 2 rings (SSSR count). The van der Waals surface area contributed by atoms with Crippen molar-refractivity contribution in [1.82, 2.24) is 0 Å². The van der Waals surface area contributed by atoms with Crippen molar-refractivity contribution in [3.8, 4) is 0 Å². The zero-order valence-corrected chi connectivity index (χ0v) is 13.2. The van der Waals surface area contributed by atoms with Crippen molar-refractivity contribution in [3.63, 3.8) is 0 Å². The predicted molar refractivity (Wildman–Crippen MR) is 79.0 cm³/mol. The van der Waals surface area contributed by atoms with Gasteiger partial charge in [0.2, 0.25) is 5.91 Å². The van der Waals surface area contributed by atoms with Crippen molar-refractivity contribution in [1.29, 1.82) is 0 Å². The molecule has 1 amide bonds. The van der Waals surface area contributed by atoms with Crippen molar-refractivity contribution < 1.29 is 18.0 Å². The fourth-order valence-corrected chi connectivity index (χ4v) is 3.03. The summed E-state index contributed by atoms with van der Waals surface area (Å²) < 4.78 is 38.6. The summed E-state index contributed by atoms with van der Waals surface area (Å²) in [6.45, 7) is 1.91. The molecule has 6 heteroatoms. The predicted octanol–water partition coefficient (Wildman–Crippen LogP) is 5.06. The van der Waals surface area contributed by atoms with Crippen LogP contribution in [0.25, 0.3) is 0 Å². The van der Waals surface area contributed by atoms with Gasteiger partial charge >= 0.3 is 6.18 Å². The van der Waals surface area contributed by atoms with E-state index in [0.29, 0.717) is 18.5 Å². The number of aryl methyl sites for hydroxylation is 1. The summed E-state index contributed by atoms with van der Waals surface area (Å²) >= 11 is 3.40. The third-order valence-electron chi connectivity index (χ3n) is 4.01. The van der Waals surface area contributed by atoms with E-state index in [2.05, 4.69) is 21.2 Å². The molecule has 0 radical (unpaired) electrons. The van der Waals surface area contributed by atoms with Gasteiger partial charge in [-0.1, -0.05) is 12.1 Å². The number of carbonyl (C=O) groups excluding carboxylic acids is 1. The molecule has 1 fully saturated rings. The third-order valence-corrected chi connectivity index (χ3v) is 5.06. The molecule has 0 atom stereocenters. The molecule has 0 unspecified atom stereocenters. The maximum atomic E-state index is 12.6. The molecule has 2 nitrogen and oxygen atoms in total. The van der Waals surface area contributed by atoms with Gasteiger partial charge in [0.1, 0.15) is 0 Å². The topological polar surface area (TPSA) is 29.1 Å². The summed E-state index contributed by atoms with van der Waals surface area (Å²) in [4.78, 5) is 12.2. The molecule has 116 valence electrons. The first-order chi connectivity index (χ1) is 9.79. The molecule has 1 N–H and O–H groups in total. The normalized spacial score (nSPS) is 22.9. The van der Waals surface area contributed by atoms with E-state index in [9.17, 15) is 18.0 Å². The first-order valence-corrected chi connectivity index (χ1v) is 7.71. The lowest BCUT2D eigenvalue weighted by Crippen LogP contribution is -2.32. The Balaban J connectivity index is 1.95. The summed E-state index contributed by atoms with van der Waals surface area (Å²) in [6, 6.07) is 5.51. The molecule has 21 heavy (non-hydrogen) atoms. The molecule has 0 heterocycles. The first-order valence-electron chi connectivity index (χ1n) is 6.91. The van der Waals surface area contributed by atoms with Gasteiger partial charge < -0.3 is 5.32 Å². The van der Waals surface area contributed by atoms with Crippen molar-refractivity contribution in [3.05, 3.63) is 28.2 Å². The molecule has 0 bridgehead atoms. The summed E-state index contributed by atoms with van der Waals surface area (Å²) in [6.07, 6.45) is -3.48. The number of anilines is 1. The van der Waals surface area contributed by atoms with Crippen LogP contribution in [0.4, 0.5) is 18.9 Å². The highest BCUT2D eigenvalue weighted by molar-refractivity contribution is 9.10. The van der Waals surface area contributed by atoms with Crippen molar-refractivity contribution in [2.45, 2.75) is 38.8 Å². The van der Waals surface area contributed by atoms with E-state index >= 15 is 0 Å². The Morgan fingerprint density at radius 2 is 1.86 bits per heavy atom. The minimum Gasteiger partial charge on any atom is -0.325 e. The minimum atomic E-state index is -4.14. The second-order valence-corrected chi connectivity index (χ2v) is 6.31. The van der Waals surface area contributed by atoms with E-state index in [0.717, 1.165) is 10.0 Å². The Labute approximate surface area is 130 Å². The lowest BCUT2D eigenvalue weighted by Gasteiger charge is -2.29. The number of amides is 1. The quantitative estimate of drug-likeness (QED) is 0.781. The summed E-state index contributed by atoms with van der Waals surface area (Å²) in [5.74, 6) is -1.79. The lowest BCUT2D eigenvalue weighted by atomic mass is 9.81. The number of rotatable bonds is 2. The maximum absolute atomic E-state index is 12.6. The fourth-order valence-electron chi connectivity index (χ4n) is 2.66. The molecule has 0 aliphatic heterocycles. The van der Waals surface area contributed by atoms with Crippen LogP contribution in [0, 0.1) is 18.8 Å². The molecule has 1 aliphatic carbocycles. The SMILES string of the molecule is Cc1cccc(NC(=O)C2CCC(C(F)(F)F)CC2)c1Br. The second kappa shape index (κ2) is 6.38. The van der Waals surface area contributed by atoms with Crippen molar-refractivity contribution in [2.24, 2.45) is 11.8 Å². The van der Waals surface area contributed by atoms with Crippen LogP contribution in [-0.2, 0) is 4.79 Å². The summed E-state index contributed by atoms with van der Waals surface area (Å²) in [5.41, 5.74) is 1.66. The standard InChI is InChI=1S/C15H17BrF3NO/c1-9-3-2-4-12(13(9)16)20-14(21)10-5-7-11(8-6-10)15(17,18)19/h2-4,10-11H,5-8H2,1H3,(H,20,21). The zero-order valence-electron chi connectivity index (χ0n) is 11.6. The van der Waals surface area contributed by atoms with Gasteiger partial charge in [0.25, 0.3) is 0 Å². The average Bonchev–Trinajstić information content (AvgIpc) is 2.43. The molecule has 1 aromatic rings. The number of carbonyl (C=O) groups is 1. The van der Waals surface area contributed by atoms with Gasteiger partial charge in [-0.25, -0.2) is 0 Å². The van der Waals surface area contributed by atoms with E-state index in [1.165, 1.54) is 0 Å². The highest BCUT2D eigenvalue weighted by Crippen LogP contribution is 2.40. The largest absolute Gasteiger partial charge is 0.391 e. The van der Waals surface area contributed by atoms with E-state index in [1.54, 1.807) is 6.07 Å². The number of hydrogen-bond acceptors (Lipinski definition) is 1. The number of benzene rings is 1. The summed E-state index contributed by atoms with van der Waals surface area (Å²) in [5, 5.41) is 2.81. The average molecular weight is 364 g/mol. The molecule has 0 saturated heterocycles. The van der Waals surface area contributed by atoms with Crippen LogP contribution in [0.5, 0.6) is 0 Å². The van der Waals surface area contributed by atoms with E-state index in [-0.39, 0.29) is 24.7 Å². The number of nitrogens with one attached hydrogen (secondary N) is 1. The van der Waals surface area contributed by atoms with Gasteiger partial charge in [-0.05, 0) is 60.2 Å². The van der Waals surface area contributed by atoms with Gasteiger partial charge in [0.15, 0.2) is 0 Å². The third kappa shape index (κ3) is 3.99. The molecule has 1 aromatic carbocycles. The van der Waals surface area contributed by atoms with E-state index < -0.39 is 12.1 Å². The Morgan fingerprint density at radius 3 is 2.43 bits per heavy atom. The fraction of sp³-hybridized carbons (Fsp3) is 0.533. The summed E-state index contributed by atoms with van der Waals surface area (Å²) in [7, 11) is 0. The van der Waals surface area contributed by atoms with Crippen molar-refractivity contribution in [2.75, 3.05) is 5.32 Å². The van der Waals surface area contributed by atoms with Crippen LogP contribution in [0.1, 0.15) is 31.2 Å². The first kappa shape index (κ1) is 16.3. The second-order valence-electron chi connectivity index (χ2n) is 5.52. The smallest absolute Gasteiger partial charge is 0.325 e. The monoisotopic (exact) mass is 363 g/mol. The van der Waals surface area contributed by atoms with Gasteiger partial charge in [-0.3, -0.25) is 4.79 Å². The number of hydrogen-bond donors (Lipinski definition) is 1. The molecule has 0 spiro atoms. The van der Waals surface area contributed by atoms with Crippen LogP contribution >= 0.6 is 15.9 Å². The molecule has 1 saturated carbocycles. The Morgan fingerprint density at radius 1 is 1.24 bits per heavy atom. The molecular formula is C15H17BrF3NO. The Bertz CT molecular complexity index is 522. The number of halogens is 4. The molecular weight excluding hydrogens is 347 g/mol. The highest BCUT2D eigenvalue weighted by Gasteiger charge is 2.42. The highest BCUT2D eigenvalue weighted by atomic mass is 79.9. The van der Waals surface area contributed by atoms with Crippen LogP contribution in [0.3, 0.4) is 0 Å². The molecule has 0 aromatic heterocycles. The van der Waals surface area contributed by atoms with Crippen LogP contribution in [0.15, 0.2) is 22.7 Å². The van der Waals surface area contributed by atoms with Gasteiger partial charge in [0.05, 0.1) is 11.6 Å². The van der Waals surface area contributed by atoms with Crippen LogP contribution in [0.2, 0.25) is 0 Å². The maximum Gasteiger partial charge on any atom is 0.391 e. The van der Waals surface area contributed by atoms with E-state index in [1.807, 2.05) is 19.1 Å². The van der Waals surface area contributed by atoms with Crippen molar-refractivity contribution >= 4 is 27.5 Å². The van der Waals surface area contributed by atoms with Crippen LogP contribution < -0.4 is 5.32 Å². The minimum absolute atomic E-state index is 0.0383. The Hall–Kier alpha value is -1.04. The van der Waals surface area contributed by atoms with Crippen LogP contribution in [-0.4, -0.2) is 12.1 Å². The van der Waals surface area contributed by atoms with Gasteiger partial charge in [-0.2, -0.15) is 13.2 Å². The molecule has 1 aliphatic rings. The lowest BCUT2D eigenvalue weighted by molar-refractivity contribution is -0.184. The van der Waals surface area contributed by atoms with Gasteiger partial charge in [0, 0.05) is 10.4 Å². The zero-order chi connectivity index (χ0) is 15.6. The van der Waals surface area contributed by atoms with E-state index in [4.69, 9.17) is 0 Å². The Kier molecular flexibility index (Phi) is 4.96. The number of alkyl halides is 3. The van der Waals surface area contributed by atoms with Gasteiger partial charge in [-0.15, -0.1) is 0 Å².